The second kappa shape index (κ2) is 7.52. The number of hydrogen-bond acceptors (Lipinski definition) is 1. The summed E-state index contributed by atoms with van der Waals surface area (Å²) in [5.41, 5.74) is 1.25. The Morgan fingerprint density at radius 1 is 1.11 bits per heavy atom. The van der Waals surface area contributed by atoms with Crippen molar-refractivity contribution >= 4 is 23.2 Å². The quantitative estimate of drug-likeness (QED) is 0.758. The van der Waals surface area contributed by atoms with Gasteiger partial charge in [-0.3, -0.25) is 0 Å². The summed E-state index contributed by atoms with van der Waals surface area (Å²) in [5, 5.41) is 4.86. The van der Waals surface area contributed by atoms with Gasteiger partial charge in [-0.05, 0) is 61.9 Å². The summed E-state index contributed by atoms with van der Waals surface area (Å²) >= 11 is 11.9. The Kier molecular flexibility index (Phi) is 6.00. The smallest absolute Gasteiger partial charge is 0.0595 e. The maximum Gasteiger partial charge on any atom is 0.0595 e. The van der Waals surface area contributed by atoms with Crippen molar-refractivity contribution < 1.29 is 0 Å². The van der Waals surface area contributed by atoms with E-state index in [9.17, 15) is 0 Å². The molecule has 0 saturated heterocycles. The lowest BCUT2D eigenvalue weighted by Crippen LogP contribution is -2.27. The van der Waals surface area contributed by atoms with Gasteiger partial charge in [0.25, 0.3) is 0 Å². The third-order valence-electron chi connectivity index (χ3n) is 4.14. The van der Waals surface area contributed by atoms with Crippen LogP contribution in [0.25, 0.3) is 0 Å². The molecule has 0 bridgehead atoms. The molecule has 0 heterocycles. The molecule has 0 spiro atoms. The molecule has 2 rings (SSSR count). The van der Waals surface area contributed by atoms with E-state index in [2.05, 4.69) is 18.3 Å². The lowest BCUT2D eigenvalue weighted by atomic mass is 9.83. The molecule has 1 fully saturated rings. The van der Waals surface area contributed by atoms with Crippen molar-refractivity contribution in [3.8, 4) is 0 Å². The fraction of sp³-hybridized carbons (Fsp3) is 0.625. The highest BCUT2D eigenvalue weighted by Crippen LogP contribution is 2.27. The normalized spacial score (nSPS) is 23.5. The third kappa shape index (κ3) is 4.98. The van der Waals surface area contributed by atoms with Crippen LogP contribution in [0, 0.1) is 11.8 Å². The zero-order chi connectivity index (χ0) is 13.7. The maximum atomic E-state index is 6.01. The summed E-state index contributed by atoms with van der Waals surface area (Å²) in [6.45, 7) is 4.55. The van der Waals surface area contributed by atoms with E-state index in [1.807, 2.05) is 12.1 Å². The van der Waals surface area contributed by atoms with Gasteiger partial charge in [0.2, 0.25) is 0 Å². The van der Waals surface area contributed by atoms with Crippen molar-refractivity contribution in [2.24, 2.45) is 11.8 Å². The Bertz CT molecular complexity index is 398. The van der Waals surface area contributed by atoms with Crippen LogP contribution in [0.15, 0.2) is 18.2 Å². The fourth-order valence-electron chi connectivity index (χ4n) is 2.77. The molecule has 0 aliphatic heterocycles. The van der Waals surface area contributed by atoms with E-state index in [0.29, 0.717) is 10.0 Å². The van der Waals surface area contributed by atoms with Crippen molar-refractivity contribution in [3.63, 3.8) is 0 Å². The predicted octanol–water partition coefficient (Wildman–Crippen LogP) is 4.95. The summed E-state index contributed by atoms with van der Waals surface area (Å²) in [4.78, 5) is 0. The van der Waals surface area contributed by atoms with Crippen LogP contribution in [0.1, 0.15) is 38.2 Å². The number of hydrogen-bond donors (Lipinski definition) is 1. The molecule has 0 amide bonds. The van der Waals surface area contributed by atoms with Crippen molar-refractivity contribution in [1.82, 2.24) is 5.32 Å². The lowest BCUT2D eigenvalue weighted by molar-refractivity contribution is 0.282. The molecule has 1 N–H and O–H groups in total. The molecule has 1 nitrogen and oxygen atoms in total. The minimum absolute atomic E-state index is 0.634. The Morgan fingerprint density at radius 2 is 1.84 bits per heavy atom. The van der Waals surface area contributed by atoms with Crippen LogP contribution >= 0.6 is 23.2 Å². The average molecular weight is 300 g/mol. The first-order valence-corrected chi connectivity index (χ1v) is 8.05. The molecule has 0 radical (unpaired) electrons. The van der Waals surface area contributed by atoms with E-state index in [-0.39, 0.29) is 0 Å². The van der Waals surface area contributed by atoms with Gasteiger partial charge in [-0.25, -0.2) is 0 Å². The maximum absolute atomic E-state index is 6.01. The Hall–Kier alpha value is -0.240. The lowest BCUT2D eigenvalue weighted by Gasteiger charge is -2.26. The van der Waals surface area contributed by atoms with Crippen LogP contribution in [-0.2, 0) is 6.42 Å². The van der Waals surface area contributed by atoms with Gasteiger partial charge in [-0.2, -0.15) is 0 Å². The highest BCUT2D eigenvalue weighted by molar-refractivity contribution is 6.42. The minimum atomic E-state index is 0.634. The molecule has 1 aromatic rings. The summed E-state index contributed by atoms with van der Waals surface area (Å²) in [5.74, 6) is 1.82. The van der Waals surface area contributed by atoms with Crippen LogP contribution in [0.3, 0.4) is 0 Å². The topological polar surface area (TPSA) is 12.0 Å². The van der Waals surface area contributed by atoms with Crippen molar-refractivity contribution in [1.29, 1.82) is 0 Å². The van der Waals surface area contributed by atoms with Gasteiger partial charge in [0, 0.05) is 0 Å². The molecule has 0 atom stereocenters. The van der Waals surface area contributed by atoms with Gasteiger partial charge in [0.05, 0.1) is 10.0 Å². The first-order valence-electron chi connectivity index (χ1n) is 7.30. The molecule has 0 unspecified atom stereocenters. The zero-order valence-electron chi connectivity index (χ0n) is 11.6. The summed E-state index contributed by atoms with van der Waals surface area (Å²) in [6, 6.07) is 5.90. The molecule has 19 heavy (non-hydrogen) atoms. The molecule has 0 aromatic heterocycles. The van der Waals surface area contributed by atoms with Crippen LogP contribution in [-0.4, -0.2) is 13.1 Å². The molecule has 1 aromatic carbocycles. The second-order valence-corrected chi connectivity index (χ2v) is 6.64. The predicted molar refractivity (Wildman–Crippen MR) is 84.2 cm³/mol. The number of rotatable bonds is 5. The Balaban J connectivity index is 1.65. The van der Waals surface area contributed by atoms with Gasteiger partial charge < -0.3 is 5.32 Å². The van der Waals surface area contributed by atoms with Crippen molar-refractivity contribution in [2.45, 2.75) is 39.0 Å². The number of benzene rings is 1. The molecular weight excluding hydrogens is 277 g/mol. The van der Waals surface area contributed by atoms with E-state index < -0.39 is 0 Å². The average Bonchev–Trinajstić information content (AvgIpc) is 2.41. The zero-order valence-corrected chi connectivity index (χ0v) is 13.1. The Labute approximate surface area is 126 Å². The van der Waals surface area contributed by atoms with Crippen LogP contribution in [0.2, 0.25) is 10.0 Å². The molecular formula is C16H23Cl2N. The monoisotopic (exact) mass is 299 g/mol. The van der Waals surface area contributed by atoms with Crippen LogP contribution in [0.4, 0.5) is 0 Å². The van der Waals surface area contributed by atoms with E-state index in [0.717, 1.165) is 31.3 Å². The third-order valence-corrected chi connectivity index (χ3v) is 4.88. The molecule has 106 valence electrons. The van der Waals surface area contributed by atoms with Crippen molar-refractivity contribution in [3.05, 3.63) is 33.8 Å². The highest BCUT2D eigenvalue weighted by atomic mass is 35.5. The van der Waals surface area contributed by atoms with Crippen LogP contribution in [0.5, 0.6) is 0 Å². The SMILES string of the molecule is CC1CCC(CNCCc2ccc(Cl)c(Cl)c2)CC1. The van der Waals surface area contributed by atoms with Crippen molar-refractivity contribution in [2.75, 3.05) is 13.1 Å². The van der Waals surface area contributed by atoms with Gasteiger partial charge >= 0.3 is 0 Å². The van der Waals surface area contributed by atoms with E-state index >= 15 is 0 Å². The summed E-state index contributed by atoms with van der Waals surface area (Å²) in [6.07, 6.45) is 6.60. The van der Waals surface area contributed by atoms with E-state index in [1.54, 1.807) is 0 Å². The Morgan fingerprint density at radius 3 is 2.53 bits per heavy atom. The summed E-state index contributed by atoms with van der Waals surface area (Å²) < 4.78 is 0. The van der Waals surface area contributed by atoms with Gasteiger partial charge in [0.1, 0.15) is 0 Å². The fourth-order valence-corrected chi connectivity index (χ4v) is 3.09. The largest absolute Gasteiger partial charge is 0.316 e. The van der Waals surface area contributed by atoms with E-state index in [1.165, 1.54) is 31.2 Å². The van der Waals surface area contributed by atoms with Gasteiger partial charge in [-0.1, -0.05) is 49.0 Å². The summed E-state index contributed by atoms with van der Waals surface area (Å²) in [7, 11) is 0. The number of nitrogens with one attached hydrogen (secondary N) is 1. The molecule has 1 aliphatic carbocycles. The molecule has 1 aliphatic rings. The first-order chi connectivity index (χ1) is 9.15. The number of halogens is 2. The molecule has 3 heteroatoms. The minimum Gasteiger partial charge on any atom is -0.316 e. The van der Waals surface area contributed by atoms with Gasteiger partial charge in [0.15, 0.2) is 0 Å². The van der Waals surface area contributed by atoms with E-state index in [4.69, 9.17) is 23.2 Å². The second-order valence-electron chi connectivity index (χ2n) is 5.83. The van der Waals surface area contributed by atoms with Gasteiger partial charge in [-0.15, -0.1) is 0 Å². The highest BCUT2D eigenvalue weighted by Gasteiger charge is 2.17. The molecule has 1 saturated carbocycles. The standard InChI is InChI=1S/C16H23Cl2N/c1-12-2-4-14(5-3-12)11-19-9-8-13-6-7-15(17)16(18)10-13/h6-7,10,12,14,19H,2-5,8-9,11H2,1H3. The van der Waals surface area contributed by atoms with Crippen LogP contribution < -0.4 is 5.32 Å². The first kappa shape index (κ1) is 15.2.